The minimum absolute atomic E-state index is 0.115. The van der Waals surface area contributed by atoms with E-state index in [1.54, 1.807) is 24.3 Å². The third kappa shape index (κ3) is 2.80. The number of rotatable bonds is 2. The van der Waals surface area contributed by atoms with Gasteiger partial charge in [0.1, 0.15) is 6.04 Å². The second-order valence-corrected chi connectivity index (χ2v) is 4.40. The van der Waals surface area contributed by atoms with E-state index in [-0.39, 0.29) is 11.8 Å². The molecule has 96 valence electrons. The number of nitrogens with two attached hydrogens (primary N) is 1. The first-order chi connectivity index (χ1) is 8.68. The van der Waals surface area contributed by atoms with Crippen LogP contribution in [0.2, 0.25) is 0 Å². The quantitative estimate of drug-likeness (QED) is 0.671. The van der Waals surface area contributed by atoms with Crippen molar-refractivity contribution in [3.05, 3.63) is 29.8 Å². The minimum Gasteiger partial charge on any atom is -0.398 e. The van der Waals surface area contributed by atoms with E-state index in [1.807, 2.05) is 0 Å². The van der Waals surface area contributed by atoms with Gasteiger partial charge in [0.2, 0.25) is 5.91 Å². The average Bonchev–Trinajstić information content (AvgIpc) is 2.55. The molecule has 0 saturated carbocycles. The second kappa shape index (κ2) is 5.53. The van der Waals surface area contributed by atoms with Crippen LogP contribution in [0.15, 0.2) is 24.3 Å². The summed E-state index contributed by atoms with van der Waals surface area (Å²) in [7, 11) is 0. The molecule has 0 bridgehead atoms. The monoisotopic (exact) mass is 247 g/mol. The van der Waals surface area contributed by atoms with Crippen LogP contribution in [0, 0.1) is 0 Å². The van der Waals surface area contributed by atoms with Gasteiger partial charge in [-0.05, 0) is 31.4 Å². The van der Waals surface area contributed by atoms with Crippen molar-refractivity contribution < 1.29 is 9.59 Å². The number of benzene rings is 1. The average molecular weight is 247 g/mol. The first-order valence-electron chi connectivity index (χ1n) is 6.11. The lowest BCUT2D eigenvalue weighted by Crippen LogP contribution is -2.45. The molecule has 1 fully saturated rings. The lowest BCUT2D eigenvalue weighted by molar-refractivity contribution is -0.122. The second-order valence-electron chi connectivity index (χ2n) is 4.40. The Hall–Kier alpha value is -2.04. The van der Waals surface area contributed by atoms with Crippen LogP contribution in [0.1, 0.15) is 29.6 Å². The summed E-state index contributed by atoms with van der Waals surface area (Å²) >= 11 is 0. The van der Waals surface area contributed by atoms with Crippen LogP contribution in [0.5, 0.6) is 0 Å². The fourth-order valence-electron chi connectivity index (χ4n) is 2.02. The van der Waals surface area contributed by atoms with Crippen molar-refractivity contribution in [1.29, 1.82) is 0 Å². The minimum atomic E-state index is -0.459. The number of carbonyl (C=O) groups is 2. The maximum Gasteiger partial charge on any atom is 0.254 e. The van der Waals surface area contributed by atoms with Crippen LogP contribution < -0.4 is 16.4 Å². The molecule has 1 aliphatic rings. The summed E-state index contributed by atoms with van der Waals surface area (Å²) in [6, 6.07) is 6.38. The lowest BCUT2D eigenvalue weighted by Gasteiger charge is -2.15. The summed E-state index contributed by atoms with van der Waals surface area (Å²) in [6.45, 7) is 0.679. The molecule has 5 nitrogen and oxygen atoms in total. The van der Waals surface area contributed by atoms with Crippen molar-refractivity contribution in [2.24, 2.45) is 0 Å². The fourth-order valence-corrected chi connectivity index (χ4v) is 2.02. The van der Waals surface area contributed by atoms with Crippen molar-refractivity contribution in [2.45, 2.75) is 25.3 Å². The van der Waals surface area contributed by atoms with E-state index >= 15 is 0 Å². The maximum atomic E-state index is 12.0. The van der Waals surface area contributed by atoms with Crippen LogP contribution >= 0.6 is 0 Å². The van der Waals surface area contributed by atoms with Crippen LogP contribution in [-0.2, 0) is 4.79 Å². The van der Waals surface area contributed by atoms with Crippen molar-refractivity contribution in [3.8, 4) is 0 Å². The zero-order valence-corrected chi connectivity index (χ0v) is 10.1. The molecule has 4 N–H and O–H groups in total. The molecule has 0 unspecified atom stereocenters. The fraction of sp³-hybridized carbons (Fsp3) is 0.385. The maximum absolute atomic E-state index is 12.0. The number of hydrogen-bond acceptors (Lipinski definition) is 3. The van der Waals surface area contributed by atoms with E-state index in [0.717, 1.165) is 12.8 Å². The number of amides is 2. The van der Waals surface area contributed by atoms with Gasteiger partial charge in [-0.25, -0.2) is 0 Å². The Kier molecular flexibility index (Phi) is 3.82. The number of nitrogen functional groups attached to an aromatic ring is 1. The van der Waals surface area contributed by atoms with Crippen molar-refractivity contribution >= 4 is 17.5 Å². The van der Waals surface area contributed by atoms with E-state index < -0.39 is 6.04 Å². The predicted molar refractivity (Wildman–Crippen MR) is 69.0 cm³/mol. The molecular formula is C13H17N3O2. The third-order valence-corrected chi connectivity index (χ3v) is 3.05. The van der Waals surface area contributed by atoms with Gasteiger partial charge in [0.15, 0.2) is 0 Å². The Bertz CT molecular complexity index is 459. The van der Waals surface area contributed by atoms with E-state index in [2.05, 4.69) is 10.6 Å². The molecule has 2 rings (SSSR count). The van der Waals surface area contributed by atoms with Gasteiger partial charge >= 0.3 is 0 Å². The predicted octanol–water partition coefficient (Wildman–Crippen LogP) is 0.667. The van der Waals surface area contributed by atoms with Crippen LogP contribution in [0.3, 0.4) is 0 Å². The molecular weight excluding hydrogens is 230 g/mol. The first-order valence-corrected chi connectivity index (χ1v) is 6.11. The largest absolute Gasteiger partial charge is 0.398 e. The van der Waals surface area contributed by atoms with Gasteiger partial charge in [-0.1, -0.05) is 12.1 Å². The number of para-hydroxylation sites is 1. The first kappa shape index (κ1) is 12.4. The van der Waals surface area contributed by atoms with E-state index in [0.29, 0.717) is 24.2 Å². The molecule has 1 atom stereocenters. The molecule has 18 heavy (non-hydrogen) atoms. The molecule has 0 radical (unpaired) electrons. The van der Waals surface area contributed by atoms with Gasteiger partial charge in [0.25, 0.3) is 5.91 Å². The molecule has 1 aromatic carbocycles. The SMILES string of the molecule is Nc1ccccc1C(=O)N[C@H]1CCCCNC1=O. The van der Waals surface area contributed by atoms with Gasteiger partial charge in [0.05, 0.1) is 5.56 Å². The van der Waals surface area contributed by atoms with Crippen LogP contribution in [0.25, 0.3) is 0 Å². The third-order valence-electron chi connectivity index (χ3n) is 3.05. The Morgan fingerprint density at radius 2 is 2.11 bits per heavy atom. The highest BCUT2D eigenvalue weighted by molar-refractivity contribution is 6.01. The molecule has 5 heteroatoms. The lowest BCUT2D eigenvalue weighted by atomic mass is 10.1. The highest BCUT2D eigenvalue weighted by atomic mass is 16.2. The van der Waals surface area contributed by atoms with Gasteiger partial charge < -0.3 is 16.4 Å². The number of nitrogens with one attached hydrogen (secondary N) is 2. The number of hydrogen-bond donors (Lipinski definition) is 3. The Balaban J connectivity index is 2.06. The molecule has 1 aromatic rings. The van der Waals surface area contributed by atoms with Crippen LogP contribution in [0.4, 0.5) is 5.69 Å². The molecule has 0 aliphatic carbocycles. The molecule has 0 spiro atoms. The van der Waals surface area contributed by atoms with Crippen LogP contribution in [-0.4, -0.2) is 24.4 Å². The molecule has 2 amide bonds. The summed E-state index contributed by atoms with van der Waals surface area (Å²) < 4.78 is 0. The summed E-state index contributed by atoms with van der Waals surface area (Å²) in [6.07, 6.45) is 2.55. The summed E-state index contributed by atoms with van der Waals surface area (Å²) in [5.74, 6) is -0.412. The van der Waals surface area contributed by atoms with E-state index in [4.69, 9.17) is 5.73 Å². The summed E-state index contributed by atoms with van der Waals surface area (Å²) in [5, 5.41) is 5.52. The molecule has 1 aliphatic heterocycles. The number of carbonyl (C=O) groups excluding carboxylic acids is 2. The smallest absolute Gasteiger partial charge is 0.254 e. The highest BCUT2D eigenvalue weighted by Gasteiger charge is 2.23. The Morgan fingerprint density at radius 1 is 1.33 bits per heavy atom. The van der Waals surface area contributed by atoms with Gasteiger partial charge in [0, 0.05) is 12.2 Å². The van der Waals surface area contributed by atoms with Crippen molar-refractivity contribution in [1.82, 2.24) is 10.6 Å². The Morgan fingerprint density at radius 3 is 2.89 bits per heavy atom. The highest BCUT2D eigenvalue weighted by Crippen LogP contribution is 2.12. The zero-order chi connectivity index (χ0) is 13.0. The van der Waals surface area contributed by atoms with Crippen molar-refractivity contribution in [2.75, 3.05) is 12.3 Å². The number of anilines is 1. The van der Waals surface area contributed by atoms with Gasteiger partial charge in [-0.15, -0.1) is 0 Å². The molecule has 1 saturated heterocycles. The van der Waals surface area contributed by atoms with E-state index in [1.165, 1.54) is 0 Å². The Labute approximate surface area is 106 Å². The van der Waals surface area contributed by atoms with Crippen molar-refractivity contribution in [3.63, 3.8) is 0 Å². The topological polar surface area (TPSA) is 84.2 Å². The van der Waals surface area contributed by atoms with Gasteiger partial charge in [-0.3, -0.25) is 9.59 Å². The van der Waals surface area contributed by atoms with E-state index in [9.17, 15) is 9.59 Å². The standard InChI is InChI=1S/C13H17N3O2/c14-10-6-2-1-5-9(10)12(17)16-11-7-3-4-8-15-13(11)18/h1-2,5-6,11H,3-4,7-8,14H2,(H,15,18)(H,16,17)/t11-/m0/s1. The summed E-state index contributed by atoms with van der Waals surface area (Å²) in [4.78, 5) is 23.7. The molecule has 0 aromatic heterocycles. The zero-order valence-electron chi connectivity index (χ0n) is 10.1. The normalized spacial score (nSPS) is 19.8. The van der Waals surface area contributed by atoms with Gasteiger partial charge in [-0.2, -0.15) is 0 Å². The summed E-state index contributed by atoms with van der Waals surface area (Å²) in [5.41, 5.74) is 6.56. The molecule has 1 heterocycles.